The van der Waals surface area contributed by atoms with Gasteiger partial charge in [0.15, 0.2) is 0 Å². The third-order valence-corrected chi connectivity index (χ3v) is 4.96. The van der Waals surface area contributed by atoms with Crippen molar-refractivity contribution in [2.45, 2.75) is 37.6 Å². The molecule has 0 spiro atoms. The molecular weight excluding hydrogens is 377 g/mol. The molecule has 5 nitrogen and oxygen atoms in total. The van der Waals surface area contributed by atoms with Crippen molar-refractivity contribution in [1.82, 2.24) is 0 Å². The molecule has 1 aliphatic heterocycles. The van der Waals surface area contributed by atoms with Crippen LogP contribution in [0.25, 0.3) is 0 Å². The first-order valence-electron chi connectivity index (χ1n) is 8.83. The topological polar surface area (TPSA) is 65.0 Å². The van der Waals surface area contributed by atoms with E-state index in [2.05, 4.69) is 4.74 Å². The van der Waals surface area contributed by atoms with E-state index in [4.69, 9.17) is 14.6 Å². The molecule has 2 aromatic rings. The highest BCUT2D eigenvalue weighted by Crippen LogP contribution is 2.43. The number of aliphatic carboxylic acids is 1. The van der Waals surface area contributed by atoms with Crippen LogP contribution in [0.3, 0.4) is 0 Å². The Labute approximate surface area is 158 Å². The van der Waals surface area contributed by atoms with Crippen LogP contribution >= 0.6 is 0 Å². The number of carboxylic acids is 1. The zero-order valence-corrected chi connectivity index (χ0v) is 14.7. The van der Waals surface area contributed by atoms with Gasteiger partial charge in [0.05, 0.1) is 13.0 Å². The number of ether oxygens (including phenoxy) is 3. The lowest BCUT2D eigenvalue weighted by atomic mass is 9.98. The summed E-state index contributed by atoms with van der Waals surface area (Å²) in [5.74, 6) is -0.173. The molecule has 1 N–H and O–H groups in total. The molecule has 1 heterocycles. The van der Waals surface area contributed by atoms with Crippen LogP contribution in [0.15, 0.2) is 36.4 Å². The van der Waals surface area contributed by atoms with E-state index in [1.54, 1.807) is 24.3 Å². The summed E-state index contributed by atoms with van der Waals surface area (Å²) in [4.78, 5) is 10.9. The Bertz CT molecular complexity index is 909. The number of fused-ring (bicyclic) bond motifs is 2. The number of rotatable bonds is 5. The molecule has 1 unspecified atom stereocenters. The molecular formula is C20H17F3O5. The van der Waals surface area contributed by atoms with Crippen molar-refractivity contribution in [3.63, 3.8) is 0 Å². The van der Waals surface area contributed by atoms with Crippen LogP contribution < -0.4 is 14.2 Å². The molecule has 0 aromatic heterocycles. The van der Waals surface area contributed by atoms with Crippen molar-refractivity contribution in [3.8, 4) is 17.2 Å². The van der Waals surface area contributed by atoms with E-state index >= 15 is 0 Å². The van der Waals surface area contributed by atoms with Crippen molar-refractivity contribution in [2.75, 3.05) is 6.61 Å². The number of benzene rings is 2. The van der Waals surface area contributed by atoms with Crippen LogP contribution in [-0.4, -0.2) is 24.0 Å². The summed E-state index contributed by atoms with van der Waals surface area (Å²) < 4.78 is 53.5. The minimum absolute atomic E-state index is 0.00874. The van der Waals surface area contributed by atoms with Crippen LogP contribution in [0, 0.1) is 0 Å². The van der Waals surface area contributed by atoms with E-state index in [-0.39, 0.29) is 24.2 Å². The van der Waals surface area contributed by atoms with Gasteiger partial charge < -0.3 is 19.3 Å². The molecule has 28 heavy (non-hydrogen) atoms. The lowest BCUT2D eigenvalue weighted by Crippen LogP contribution is -2.18. The zero-order chi connectivity index (χ0) is 19.9. The summed E-state index contributed by atoms with van der Waals surface area (Å²) in [5.41, 5.74) is 2.00. The standard InChI is InChI=1S/C20H17F3O5/c21-20(22,23)28-17-3-1-2-14-15(17)6-7-16(14)27-12-4-5-13-11(8-19(24)25)10-26-18(13)9-12/h1-5,9,11,16H,6-8,10H2,(H,24,25)/t11?,16-/m1/s1. The van der Waals surface area contributed by atoms with E-state index in [9.17, 15) is 18.0 Å². The Morgan fingerprint density at radius 2 is 2.04 bits per heavy atom. The average Bonchev–Trinajstić information content (AvgIpc) is 3.18. The fourth-order valence-electron chi connectivity index (χ4n) is 3.80. The van der Waals surface area contributed by atoms with Gasteiger partial charge in [-0.05, 0) is 30.5 Å². The Morgan fingerprint density at radius 3 is 2.79 bits per heavy atom. The van der Waals surface area contributed by atoms with Gasteiger partial charge in [-0.1, -0.05) is 18.2 Å². The summed E-state index contributed by atoms with van der Waals surface area (Å²) in [6, 6.07) is 9.78. The Balaban J connectivity index is 1.52. The van der Waals surface area contributed by atoms with Gasteiger partial charge in [0.25, 0.3) is 0 Å². The average molecular weight is 394 g/mol. The molecule has 0 fully saturated rings. The van der Waals surface area contributed by atoms with E-state index in [1.807, 2.05) is 0 Å². The van der Waals surface area contributed by atoms with Gasteiger partial charge in [0.1, 0.15) is 23.4 Å². The molecule has 0 saturated heterocycles. The molecule has 148 valence electrons. The molecule has 4 rings (SSSR count). The summed E-state index contributed by atoms with van der Waals surface area (Å²) in [7, 11) is 0. The van der Waals surface area contributed by atoms with Crippen molar-refractivity contribution in [2.24, 2.45) is 0 Å². The van der Waals surface area contributed by atoms with Gasteiger partial charge in [-0.3, -0.25) is 4.79 Å². The SMILES string of the molecule is O=C(O)CC1COc2cc(O[C@@H]3CCc4c(OC(F)(F)F)cccc43)ccc21. The molecule has 1 aliphatic carbocycles. The van der Waals surface area contributed by atoms with Crippen molar-refractivity contribution in [3.05, 3.63) is 53.1 Å². The third-order valence-electron chi connectivity index (χ3n) is 4.96. The monoisotopic (exact) mass is 394 g/mol. The summed E-state index contributed by atoms with van der Waals surface area (Å²) in [6.07, 6.45) is -4.18. The second kappa shape index (κ2) is 6.92. The smallest absolute Gasteiger partial charge is 0.492 e. The molecule has 0 bridgehead atoms. The fraction of sp³-hybridized carbons (Fsp3) is 0.350. The van der Waals surface area contributed by atoms with Crippen LogP contribution in [0.2, 0.25) is 0 Å². The first-order chi connectivity index (χ1) is 13.3. The zero-order valence-electron chi connectivity index (χ0n) is 14.7. The third kappa shape index (κ3) is 3.72. The Kier molecular flexibility index (Phi) is 4.56. The summed E-state index contributed by atoms with van der Waals surface area (Å²) >= 11 is 0. The summed E-state index contributed by atoms with van der Waals surface area (Å²) in [6.45, 7) is 0.301. The molecule has 2 atom stereocenters. The Hall–Kier alpha value is -2.90. The molecule has 2 aliphatic rings. The van der Waals surface area contributed by atoms with Crippen LogP contribution in [0.5, 0.6) is 17.2 Å². The van der Waals surface area contributed by atoms with E-state index in [0.29, 0.717) is 42.1 Å². The highest BCUT2D eigenvalue weighted by molar-refractivity contribution is 5.68. The van der Waals surface area contributed by atoms with E-state index < -0.39 is 12.3 Å². The predicted octanol–water partition coefficient (Wildman–Crippen LogP) is 4.60. The Morgan fingerprint density at radius 1 is 1.21 bits per heavy atom. The second-order valence-corrected chi connectivity index (χ2v) is 6.82. The largest absolute Gasteiger partial charge is 0.573 e. The van der Waals surface area contributed by atoms with Crippen molar-refractivity contribution >= 4 is 5.97 Å². The highest BCUT2D eigenvalue weighted by Gasteiger charge is 2.35. The van der Waals surface area contributed by atoms with Crippen LogP contribution in [-0.2, 0) is 11.2 Å². The minimum atomic E-state index is -4.74. The quantitative estimate of drug-likeness (QED) is 0.803. The molecule has 0 radical (unpaired) electrons. The van der Waals surface area contributed by atoms with E-state index in [0.717, 1.165) is 5.56 Å². The van der Waals surface area contributed by atoms with Gasteiger partial charge in [0.2, 0.25) is 0 Å². The number of hydrogen-bond acceptors (Lipinski definition) is 4. The van der Waals surface area contributed by atoms with Gasteiger partial charge in [0, 0.05) is 23.1 Å². The van der Waals surface area contributed by atoms with Crippen LogP contribution in [0.4, 0.5) is 13.2 Å². The summed E-state index contributed by atoms with van der Waals surface area (Å²) in [5, 5.41) is 8.97. The van der Waals surface area contributed by atoms with Crippen molar-refractivity contribution in [1.29, 1.82) is 0 Å². The number of halogens is 3. The number of carboxylic acid groups (broad SMARTS) is 1. The lowest BCUT2D eigenvalue weighted by Gasteiger charge is -2.17. The fourth-order valence-corrected chi connectivity index (χ4v) is 3.80. The maximum atomic E-state index is 12.6. The molecule has 2 aromatic carbocycles. The first-order valence-corrected chi connectivity index (χ1v) is 8.83. The van der Waals surface area contributed by atoms with Gasteiger partial charge in [-0.15, -0.1) is 13.2 Å². The second-order valence-electron chi connectivity index (χ2n) is 6.82. The van der Waals surface area contributed by atoms with Gasteiger partial charge in [-0.25, -0.2) is 0 Å². The van der Waals surface area contributed by atoms with Gasteiger partial charge in [-0.2, -0.15) is 0 Å². The van der Waals surface area contributed by atoms with Crippen molar-refractivity contribution < 1.29 is 37.3 Å². The highest BCUT2D eigenvalue weighted by atomic mass is 19.4. The molecule has 0 saturated carbocycles. The number of hydrogen-bond donors (Lipinski definition) is 1. The molecule has 8 heteroatoms. The number of carbonyl (C=O) groups is 1. The normalized spacial score (nSPS) is 20.2. The maximum Gasteiger partial charge on any atom is 0.573 e. The minimum Gasteiger partial charge on any atom is -0.492 e. The van der Waals surface area contributed by atoms with Crippen LogP contribution in [0.1, 0.15) is 41.6 Å². The maximum absolute atomic E-state index is 12.6. The first kappa shape index (κ1) is 18.5. The predicted molar refractivity (Wildman–Crippen MR) is 91.7 cm³/mol. The molecule has 0 amide bonds. The van der Waals surface area contributed by atoms with Gasteiger partial charge >= 0.3 is 12.3 Å². The number of alkyl halides is 3. The van der Waals surface area contributed by atoms with E-state index in [1.165, 1.54) is 12.1 Å². The lowest BCUT2D eigenvalue weighted by molar-refractivity contribution is -0.274.